The van der Waals surface area contributed by atoms with E-state index in [0.717, 1.165) is 44.3 Å². The molecule has 1 N–H and O–H groups in total. The van der Waals surface area contributed by atoms with Gasteiger partial charge in [-0.15, -0.1) is 0 Å². The minimum absolute atomic E-state index is 0.0757. The predicted octanol–water partition coefficient (Wildman–Crippen LogP) is 1.50. The molecule has 2 saturated carbocycles. The second-order valence-electron chi connectivity index (χ2n) is 5.91. The summed E-state index contributed by atoms with van der Waals surface area (Å²) in [6.45, 7) is 0.855. The van der Waals surface area contributed by atoms with Crippen LogP contribution in [0.4, 0.5) is 0 Å². The maximum atomic E-state index is 12.3. The van der Waals surface area contributed by atoms with E-state index in [1.807, 2.05) is 4.90 Å². The first kappa shape index (κ1) is 12.4. The minimum Gasteiger partial charge on any atom is -0.339 e. The number of H-pyrrole nitrogens is 1. The molecule has 2 heterocycles. The van der Waals surface area contributed by atoms with Crippen LogP contribution in [-0.2, 0) is 4.79 Å². The molecule has 0 aromatic carbocycles. The van der Waals surface area contributed by atoms with Crippen molar-refractivity contribution in [2.24, 2.45) is 0 Å². The zero-order chi connectivity index (χ0) is 13.7. The summed E-state index contributed by atoms with van der Waals surface area (Å²) in [6.07, 6.45) is 5.40. The number of amides is 1. The lowest BCUT2D eigenvalue weighted by Crippen LogP contribution is -2.30. The quantitative estimate of drug-likeness (QED) is 0.854. The molecule has 6 heteroatoms. The molecule has 1 aromatic heterocycles. The van der Waals surface area contributed by atoms with Gasteiger partial charge in [0.05, 0.1) is 10.9 Å². The first-order valence-electron chi connectivity index (χ1n) is 7.29. The topological polar surface area (TPSA) is 66.1 Å². The van der Waals surface area contributed by atoms with E-state index in [0.29, 0.717) is 17.1 Å². The zero-order valence-electron chi connectivity index (χ0n) is 11.2. The summed E-state index contributed by atoms with van der Waals surface area (Å²) in [5.41, 5.74) is 0.787. The van der Waals surface area contributed by atoms with Gasteiger partial charge < -0.3 is 9.88 Å². The van der Waals surface area contributed by atoms with E-state index in [9.17, 15) is 9.59 Å². The lowest BCUT2D eigenvalue weighted by molar-refractivity contribution is -0.127. The van der Waals surface area contributed by atoms with Crippen molar-refractivity contribution in [1.29, 1.82) is 0 Å². The monoisotopic (exact) mass is 291 g/mol. The fraction of sp³-hybridized carbons (Fsp3) is 0.643. The highest BCUT2D eigenvalue weighted by molar-refractivity contribution is 8.00. The summed E-state index contributed by atoms with van der Waals surface area (Å²) >= 11 is 1.42. The lowest BCUT2D eigenvalue weighted by Gasteiger charge is -2.15. The van der Waals surface area contributed by atoms with E-state index in [-0.39, 0.29) is 16.7 Å². The van der Waals surface area contributed by atoms with Gasteiger partial charge in [0.15, 0.2) is 5.16 Å². The van der Waals surface area contributed by atoms with E-state index in [2.05, 4.69) is 9.97 Å². The molecule has 1 atom stereocenters. The highest BCUT2D eigenvalue weighted by Crippen LogP contribution is 2.39. The highest BCUT2D eigenvalue weighted by Gasteiger charge is 2.41. The molecule has 0 bridgehead atoms. The molecule has 4 rings (SSSR count). The molecule has 3 aliphatic rings. The summed E-state index contributed by atoms with van der Waals surface area (Å²) in [6, 6.07) is 2.08. The number of carbonyl (C=O) groups excluding carboxylic acids is 1. The number of nitrogens with zero attached hydrogens (tertiary/aromatic N) is 2. The number of nitrogens with one attached hydrogen (secondary N) is 1. The number of carbonyl (C=O) groups is 1. The van der Waals surface area contributed by atoms with Crippen molar-refractivity contribution in [1.82, 2.24) is 14.9 Å². The van der Waals surface area contributed by atoms with Gasteiger partial charge in [-0.3, -0.25) is 9.59 Å². The molecular formula is C14H17N3O2S. The summed E-state index contributed by atoms with van der Waals surface area (Å²) in [5.74, 6) is 0.677. The van der Waals surface area contributed by atoms with Gasteiger partial charge in [0.2, 0.25) is 5.91 Å². The average molecular weight is 291 g/mol. The number of thioether (sulfide) groups is 1. The van der Waals surface area contributed by atoms with Crippen molar-refractivity contribution in [3.05, 3.63) is 22.1 Å². The Morgan fingerprint density at radius 2 is 2.00 bits per heavy atom. The Hall–Kier alpha value is -1.30. The van der Waals surface area contributed by atoms with Crippen LogP contribution in [0.1, 0.15) is 43.7 Å². The van der Waals surface area contributed by atoms with E-state index >= 15 is 0 Å². The molecular weight excluding hydrogens is 274 g/mol. The number of aromatic nitrogens is 2. The molecule has 2 aliphatic carbocycles. The SMILES string of the molecule is O=C1C(Sc2nc(C3CC3)cc(=O)[nH]2)CCN1C1CC1. The van der Waals surface area contributed by atoms with Crippen LogP contribution in [0.15, 0.2) is 16.0 Å². The van der Waals surface area contributed by atoms with E-state index in [1.54, 1.807) is 6.07 Å². The van der Waals surface area contributed by atoms with Gasteiger partial charge >= 0.3 is 0 Å². The molecule has 1 amide bonds. The fourth-order valence-electron chi connectivity index (χ4n) is 2.77. The van der Waals surface area contributed by atoms with Crippen molar-refractivity contribution in [3.63, 3.8) is 0 Å². The standard InChI is InChI=1S/C14H17N3O2S/c18-12-7-10(8-1-2-8)15-14(16-12)20-11-5-6-17(13(11)19)9-3-4-9/h7-9,11H,1-6H2,(H,15,16,18). The highest BCUT2D eigenvalue weighted by atomic mass is 32.2. The van der Waals surface area contributed by atoms with Gasteiger partial charge in [0.1, 0.15) is 0 Å². The van der Waals surface area contributed by atoms with E-state index in [4.69, 9.17) is 0 Å². The van der Waals surface area contributed by atoms with E-state index < -0.39 is 0 Å². The third-order valence-corrected chi connectivity index (χ3v) is 5.31. The normalized spacial score (nSPS) is 26.3. The number of rotatable bonds is 4. The molecule has 20 heavy (non-hydrogen) atoms. The van der Waals surface area contributed by atoms with Gasteiger partial charge in [-0.2, -0.15) is 0 Å². The Bertz CT molecular complexity index is 607. The minimum atomic E-state index is -0.103. The van der Waals surface area contributed by atoms with E-state index in [1.165, 1.54) is 11.8 Å². The van der Waals surface area contributed by atoms with Gasteiger partial charge in [0, 0.05) is 24.6 Å². The first-order valence-corrected chi connectivity index (χ1v) is 8.17. The second kappa shape index (κ2) is 4.62. The largest absolute Gasteiger partial charge is 0.339 e. The average Bonchev–Trinajstić information content (AvgIpc) is 3.31. The van der Waals surface area contributed by atoms with Gasteiger partial charge in [-0.05, 0) is 32.1 Å². The van der Waals surface area contributed by atoms with Crippen molar-refractivity contribution in [2.45, 2.75) is 54.5 Å². The van der Waals surface area contributed by atoms with Crippen LogP contribution in [-0.4, -0.2) is 38.6 Å². The van der Waals surface area contributed by atoms with Crippen molar-refractivity contribution in [3.8, 4) is 0 Å². The Morgan fingerprint density at radius 1 is 1.20 bits per heavy atom. The number of aromatic amines is 1. The number of hydrogen-bond donors (Lipinski definition) is 1. The van der Waals surface area contributed by atoms with Crippen LogP contribution in [0.2, 0.25) is 0 Å². The number of likely N-dealkylation sites (tertiary alicyclic amines) is 1. The summed E-state index contributed by atoms with van der Waals surface area (Å²) < 4.78 is 0. The van der Waals surface area contributed by atoms with Crippen LogP contribution >= 0.6 is 11.8 Å². The predicted molar refractivity (Wildman–Crippen MR) is 75.8 cm³/mol. The molecule has 3 fully saturated rings. The Labute approximate surface area is 121 Å². The molecule has 5 nitrogen and oxygen atoms in total. The summed E-state index contributed by atoms with van der Waals surface area (Å²) in [4.78, 5) is 33.2. The van der Waals surface area contributed by atoms with Crippen LogP contribution in [0.3, 0.4) is 0 Å². The second-order valence-corrected chi connectivity index (χ2v) is 7.10. The van der Waals surface area contributed by atoms with Crippen LogP contribution in [0.25, 0.3) is 0 Å². The molecule has 0 radical (unpaired) electrons. The van der Waals surface area contributed by atoms with Gasteiger partial charge in [-0.25, -0.2) is 4.98 Å². The van der Waals surface area contributed by atoms with Crippen LogP contribution in [0, 0.1) is 0 Å². The van der Waals surface area contributed by atoms with Crippen LogP contribution < -0.4 is 5.56 Å². The maximum Gasteiger partial charge on any atom is 0.251 e. The van der Waals surface area contributed by atoms with Crippen molar-refractivity contribution >= 4 is 17.7 Å². The molecule has 0 spiro atoms. The Morgan fingerprint density at radius 3 is 2.70 bits per heavy atom. The summed E-state index contributed by atoms with van der Waals surface area (Å²) in [7, 11) is 0. The van der Waals surface area contributed by atoms with Gasteiger partial charge in [-0.1, -0.05) is 11.8 Å². The Balaban J connectivity index is 1.51. The lowest BCUT2D eigenvalue weighted by atomic mass is 10.3. The third-order valence-electron chi connectivity index (χ3n) is 4.17. The molecule has 1 aromatic rings. The first-order chi connectivity index (χ1) is 9.70. The van der Waals surface area contributed by atoms with Crippen molar-refractivity contribution in [2.75, 3.05) is 6.54 Å². The summed E-state index contributed by atoms with van der Waals surface area (Å²) in [5, 5.41) is 0.531. The zero-order valence-corrected chi connectivity index (χ0v) is 12.0. The van der Waals surface area contributed by atoms with Crippen LogP contribution in [0.5, 0.6) is 0 Å². The Kier molecular flexibility index (Phi) is 2.87. The maximum absolute atomic E-state index is 12.3. The van der Waals surface area contributed by atoms with Crippen molar-refractivity contribution < 1.29 is 4.79 Å². The smallest absolute Gasteiger partial charge is 0.251 e. The third kappa shape index (κ3) is 2.37. The van der Waals surface area contributed by atoms with Gasteiger partial charge in [0.25, 0.3) is 5.56 Å². The number of hydrogen-bond acceptors (Lipinski definition) is 4. The molecule has 1 aliphatic heterocycles. The fourth-order valence-corrected chi connectivity index (χ4v) is 3.81. The molecule has 1 unspecified atom stereocenters. The molecule has 106 valence electrons. The molecule has 1 saturated heterocycles.